The van der Waals surface area contributed by atoms with Gasteiger partial charge >= 0.3 is 5.97 Å². The number of benzene rings is 1. The molecule has 0 spiro atoms. The van der Waals surface area contributed by atoms with E-state index in [0.29, 0.717) is 10.8 Å². The molecule has 1 rings (SSSR count). The number of hydrogen-bond donors (Lipinski definition) is 2. The predicted molar refractivity (Wildman–Crippen MR) is 57.9 cm³/mol. The first-order valence-electron chi connectivity index (χ1n) is 4.21. The predicted octanol–water partition coefficient (Wildman–Crippen LogP) is 1.89. The summed E-state index contributed by atoms with van der Waals surface area (Å²) in [7, 11) is 0. The van der Waals surface area contributed by atoms with Gasteiger partial charge in [0.05, 0.1) is 0 Å². The molecular formula is C10H11ClO5. The summed E-state index contributed by atoms with van der Waals surface area (Å²) < 4.78 is 4.86. The molecule has 16 heavy (non-hydrogen) atoms. The Morgan fingerprint density at radius 2 is 1.69 bits per heavy atom. The van der Waals surface area contributed by atoms with Crippen molar-refractivity contribution >= 4 is 23.5 Å². The van der Waals surface area contributed by atoms with Crippen LogP contribution < -0.4 is 4.74 Å². The second kappa shape index (κ2) is 7.53. The molecule has 0 bridgehead atoms. The van der Waals surface area contributed by atoms with Crippen LogP contribution in [0.2, 0.25) is 5.02 Å². The fraction of sp³-hybridized carbons (Fsp3) is 0.200. The molecule has 0 aliphatic heterocycles. The van der Waals surface area contributed by atoms with Gasteiger partial charge in [0.25, 0.3) is 5.97 Å². The molecule has 0 saturated carbocycles. The average Bonchev–Trinajstić information content (AvgIpc) is 2.16. The molecule has 88 valence electrons. The van der Waals surface area contributed by atoms with Gasteiger partial charge in [-0.05, 0) is 24.3 Å². The van der Waals surface area contributed by atoms with Crippen molar-refractivity contribution < 1.29 is 24.5 Å². The zero-order valence-electron chi connectivity index (χ0n) is 8.51. The van der Waals surface area contributed by atoms with Gasteiger partial charge in [0.15, 0.2) is 6.61 Å². The van der Waals surface area contributed by atoms with Crippen LogP contribution in [0.3, 0.4) is 0 Å². The van der Waals surface area contributed by atoms with Gasteiger partial charge in [0.1, 0.15) is 5.75 Å². The van der Waals surface area contributed by atoms with E-state index in [2.05, 4.69) is 0 Å². The average molecular weight is 247 g/mol. The minimum atomic E-state index is -0.995. The van der Waals surface area contributed by atoms with Gasteiger partial charge in [-0.15, -0.1) is 0 Å². The first-order valence-corrected chi connectivity index (χ1v) is 4.59. The van der Waals surface area contributed by atoms with E-state index in [1.165, 1.54) is 0 Å². The molecule has 2 N–H and O–H groups in total. The summed E-state index contributed by atoms with van der Waals surface area (Å²) >= 11 is 5.60. The molecule has 0 amide bonds. The maximum absolute atomic E-state index is 10.1. The Kier molecular flexibility index (Phi) is 6.71. The summed E-state index contributed by atoms with van der Waals surface area (Å²) in [5.41, 5.74) is 0. The van der Waals surface area contributed by atoms with Crippen molar-refractivity contribution in [1.29, 1.82) is 0 Å². The first kappa shape index (κ1) is 14.2. The largest absolute Gasteiger partial charge is 0.482 e. The maximum Gasteiger partial charge on any atom is 0.341 e. The van der Waals surface area contributed by atoms with Crippen molar-refractivity contribution in [2.45, 2.75) is 6.92 Å². The number of ether oxygens (including phenoxy) is 1. The number of hydrogen-bond acceptors (Lipinski definition) is 3. The van der Waals surface area contributed by atoms with Gasteiger partial charge in [-0.25, -0.2) is 4.79 Å². The van der Waals surface area contributed by atoms with Crippen LogP contribution in [0.5, 0.6) is 5.75 Å². The van der Waals surface area contributed by atoms with Crippen molar-refractivity contribution in [3.8, 4) is 5.75 Å². The van der Waals surface area contributed by atoms with E-state index in [1.54, 1.807) is 24.3 Å². The second-order valence-corrected chi connectivity index (χ2v) is 3.09. The van der Waals surface area contributed by atoms with Gasteiger partial charge in [0, 0.05) is 11.9 Å². The fourth-order valence-corrected chi connectivity index (χ4v) is 0.802. The number of rotatable bonds is 3. The Labute approximate surface area is 97.2 Å². The number of carboxylic acids is 2. The molecule has 0 fully saturated rings. The minimum absolute atomic E-state index is 0.332. The van der Waals surface area contributed by atoms with Crippen molar-refractivity contribution in [2.75, 3.05) is 6.61 Å². The molecule has 0 saturated heterocycles. The van der Waals surface area contributed by atoms with E-state index in [1.807, 2.05) is 0 Å². The van der Waals surface area contributed by atoms with Gasteiger partial charge in [-0.1, -0.05) is 11.6 Å². The standard InChI is InChI=1S/C8H7ClO3.C2H4O2/c9-6-1-3-7(4-2-6)12-5-8(10)11;1-2(3)4/h1-4H,5H2,(H,10,11);1H3,(H,3,4). The highest BCUT2D eigenvalue weighted by atomic mass is 35.5. The lowest BCUT2D eigenvalue weighted by Crippen LogP contribution is -2.09. The van der Waals surface area contributed by atoms with E-state index in [-0.39, 0.29) is 6.61 Å². The summed E-state index contributed by atoms with van der Waals surface area (Å²) in [4.78, 5) is 19.1. The van der Waals surface area contributed by atoms with Gasteiger partial charge in [0.2, 0.25) is 0 Å². The van der Waals surface area contributed by atoms with Gasteiger partial charge in [-0.3, -0.25) is 4.79 Å². The third kappa shape index (κ3) is 8.83. The van der Waals surface area contributed by atoms with Crippen molar-refractivity contribution in [3.63, 3.8) is 0 Å². The number of carboxylic acid groups (broad SMARTS) is 2. The lowest BCUT2D eigenvalue weighted by Gasteiger charge is -2.01. The SMILES string of the molecule is CC(=O)O.O=C(O)COc1ccc(Cl)cc1. The minimum Gasteiger partial charge on any atom is -0.482 e. The van der Waals surface area contributed by atoms with Gasteiger partial charge < -0.3 is 14.9 Å². The van der Waals surface area contributed by atoms with Crippen LogP contribution in [-0.4, -0.2) is 28.8 Å². The highest BCUT2D eigenvalue weighted by molar-refractivity contribution is 6.30. The summed E-state index contributed by atoms with van der Waals surface area (Å²) in [6.45, 7) is 0.752. The van der Waals surface area contributed by atoms with Crippen LogP contribution in [0.25, 0.3) is 0 Å². The lowest BCUT2D eigenvalue weighted by atomic mass is 10.3. The number of carbonyl (C=O) groups is 2. The summed E-state index contributed by atoms with van der Waals surface area (Å²) in [5.74, 6) is -1.33. The Balaban J connectivity index is 0.000000487. The molecular weight excluding hydrogens is 236 g/mol. The van der Waals surface area contributed by atoms with E-state index < -0.39 is 11.9 Å². The van der Waals surface area contributed by atoms with Crippen molar-refractivity contribution in [1.82, 2.24) is 0 Å². The van der Waals surface area contributed by atoms with Crippen molar-refractivity contribution in [2.24, 2.45) is 0 Å². The van der Waals surface area contributed by atoms with Crippen LogP contribution in [-0.2, 0) is 9.59 Å². The van der Waals surface area contributed by atoms with E-state index in [9.17, 15) is 4.79 Å². The Bertz CT molecular complexity index is 343. The smallest absolute Gasteiger partial charge is 0.341 e. The zero-order chi connectivity index (χ0) is 12.6. The topological polar surface area (TPSA) is 83.8 Å². The Morgan fingerprint density at radius 3 is 2.06 bits per heavy atom. The molecule has 0 unspecified atom stereocenters. The van der Waals surface area contributed by atoms with Crippen LogP contribution in [0, 0.1) is 0 Å². The molecule has 0 aliphatic carbocycles. The third-order valence-corrected chi connectivity index (χ3v) is 1.43. The molecule has 0 heterocycles. The molecule has 0 radical (unpaired) electrons. The quantitative estimate of drug-likeness (QED) is 0.851. The third-order valence-electron chi connectivity index (χ3n) is 1.18. The molecule has 0 aliphatic rings. The highest BCUT2D eigenvalue weighted by Gasteiger charge is 1.97. The lowest BCUT2D eigenvalue weighted by molar-refractivity contribution is -0.139. The molecule has 1 aromatic carbocycles. The fourth-order valence-electron chi connectivity index (χ4n) is 0.676. The van der Waals surface area contributed by atoms with Gasteiger partial charge in [-0.2, -0.15) is 0 Å². The van der Waals surface area contributed by atoms with E-state index in [0.717, 1.165) is 6.92 Å². The first-order chi connectivity index (χ1) is 7.41. The second-order valence-electron chi connectivity index (χ2n) is 2.66. The summed E-state index contributed by atoms with van der Waals surface area (Å²) in [5, 5.41) is 16.3. The van der Waals surface area contributed by atoms with E-state index in [4.69, 9.17) is 31.3 Å². The monoisotopic (exact) mass is 246 g/mol. The van der Waals surface area contributed by atoms with E-state index >= 15 is 0 Å². The highest BCUT2D eigenvalue weighted by Crippen LogP contribution is 2.14. The zero-order valence-corrected chi connectivity index (χ0v) is 9.27. The van der Waals surface area contributed by atoms with Crippen molar-refractivity contribution in [3.05, 3.63) is 29.3 Å². The Morgan fingerprint density at radius 1 is 1.25 bits per heavy atom. The Hall–Kier alpha value is -1.75. The molecule has 0 aromatic heterocycles. The molecule has 1 aromatic rings. The summed E-state index contributed by atoms with van der Waals surface area (Å²) in [6.07, 6.45) is 0. The summed E-state index contributed by atoms with van der Waals surface area (Å²) in [6, 6.07) is 6.51. The molecule has 5 nitrogen and oxygen atoms in total. The van der Waals surface area contributed by atoms with Crippen LogP contribution in [0.1, 0.15) is 6.92 Å². The maximum atomic E-state index is 10.1. The van der Waals surface area contributed by atoms with Crippen LogP contribution in [0.4, 0.5) is 0 Å². The molecule has 6 heteroatoms. The van der Waals surface area contributed by atoms with Crippen LogP contribution in [0.15, 0.2) is 24.3 Å². The van der Waals surface area contributed by atoms with Crippen LogP contribution >= 0.6 is 11.6 Å². The number of halogens is 1. The molecule has 0 atom stereocenters. The number of aliphatic carboxylic acids is 2. The normalized spacial score (nSPS) is 8.62.